The molecule has 3 N–H and O–H groups in total. The summed E-state index contributed by atoms with van der Waals surface area (Å²) >= 11 is 0. The predicted molar refractivity (Wildman–Crippen MR) is 97.3 cm³/mol. The number of hydrogen-bond acceptors (Lipinski definition) is 6. The molecule has 0 aliphatic carbocycles. The standard InChI is InChI=1S/C16H24N4O5S/c1-16(2,3)18-26(24,25)12-4-5-13(14(10-12)20(22)23)19-8-6-11(7-9-19)15(17)21/h4-5,10-11,18H,6-9H2,1-3H3,(H2,17,21). The quantitative estimate of drug-likeness (QED) is 0.581. The average Bonchev–Trinajstić information content (AvgIpc) is 2.52. The molecule has 10 heteroatoms. The zero-order valence-electron chi connectivity index (χ0n) is 15.1. The maximum Gasteiger partial charge on any atom is 0.293 e. The Bertz CT molecular complexity index is 808. The highest BCUT2D eigenvalue weighted by Crippen LogP contribution is 2.33. The van der Waals surface area contributed by atoms with E-state index in [-0.39, 0.29) is 22.4 Å². The van der Waals surface area contributed by atoms with Gasteiger partial charge in [0.2, 0.25) is 15.9 Å². The Balaban J connectivity index is 2.33. The van der Waals surface area contributed by atoms with Gasteiger partial charge in [-0.25, -0.2) is 13.1 Å². The highest BCUT2D eigenvalue weighted by molar-refractivity contribution is 7.89. The van der Waals surface area contributed by atoms with Crippen molar-refractivity contribution in [1.29, 1.82) is 0 Å². The molecule has 1 aromatic rings. The summed E-state index contributed by atoms with van der Waals surface area (Å²) in [4.78, 5) is 23.8. The molecule has 1 fully saturated rings. The Kier molecular flexibility index (Phi) is 5.57. The van der Waals surface area contributed by atoms with Crippen LogP contribution in [0.3, 0.4) is 0 Å². The molecule has 0 spiro atoms. The van der Waals surface area contributed by atoms with E-state index in [0.717, 1.165) is 6.07 Å². The molecule has 0 atom stereocenters. The number of nitrogens with two attached hydrogens (primary N) is 1. The van der Waals surface area contributed by atoms with Crippen LogP contribution in [0.1, 0.15) is 33.6 Å². The van der Waals surface area contributed by atoms with Gasteiger partial charge >= 0.3 is 0 Å². The van der Waals surface area contributed by atoms with Crippen molar-refractivity contribution in [3.63, 3.8) is 0 Å². The number of hydrogen-bond donors (Lipinski definition) is 2. The summed E-state index contributed by atoms with van der Waals surface area (Å²) in [5, 5.41) is 11.5. The fraction of sp³-hybridized carbons (Fsp3) is 0.562. The number of primary amides is 1. The van der Waals surface area contributed by atoms with Crippen LogP contribution in [0.2, 0.25) is 0 Å². The molecular weight excluding hydrogens is 360 g/mol. The SMILES string of the molecule is CC(C)(C)NS(=O)(=O)c1ccc(N2CCC(C(N)=O)CC2)c([N+](=O)[O-])c1. The summed E-state index contributed by atoms with van der Waals surface area (Å²) < 4.78 is 27.3. The van der Waals surface area contributed by atoms with Gasteiger partial charge in [0.15, 0.2) is 0 Å². The van der Waals surface area contributed by atoms with E-state index in [1.807, 2.05) is 0 Å². The van der Waals surface area contributed by atoms with Crippen molar-refractivity contribution in [2.75, 3.05) is 18.0 Å². The van der Waals surface area contributed by atoms with Crippen LogP contribution in [0, 0.1) is 16.0 Å². The smallest absolute Gasteiger partial charge is 0.293 e. The maximum atomic E-state index is 12.4. The number of nitro benzene ring substituents is 1. The van der Waals surface area contributed by atoms with Gasteiger partial charge in [-0.1, -0.05) is 0 Å². The largest absolute Gasteiger partial charge is 0.369 e. The van der Waals surface area contributed by atoms with Gasteiger partial charge in [0.1, 0.15) is 5.69 Å². The van der Waals surface area contributed by atoms with Crippen molar-refractivity contribution in [2.24, 2.45) is 11.7 Å². The van der Waals surface area contributed by atoms with Gasteiger partial charge in [-0.2, -0.15) is 0 Å². The van der Waals surface area contributed by atoms with E-state index >= 15 is 0 Å². The molecule has 9 nitrogen and oxygen atoms in total. The molecule has 2 rings (SSSR count). The van der Waals surface area contributed by atoms with Crippen LogP contribution in [0.15, 0.2) is 23.1 Å². The minimum absolute atomic E-state index is 0.158. The van der Waals surface area contributed by atoms with Gasteiger partial charge in [-0.3, -0.25) is 14.9 Å². The van der Waals surface area contributed by atoms with E-state index < -0.39 is 20.5 Å². The molecule has 0 radical (unpaired) electrons. The zero-order valence-corrected chi connectivity index (χ0v) is 15.9. The number of carbonyl (C=O) groups is 1. The van der Waals surface area contributed by atoms with Crippen LogP contribution in [0.5, 0.6) is 0 Å². The molecule has 0 bridgehead atoms. The van der Waals surface area contributed by atoms with E-state index in [1.165, 1.54) is 12.1 Å². The number of benzene rings is 1. The third kappa shape index (κ3) is 4.70. The molecule has 1 aliphatic heterocycles. The van der Waals surface area contributed by atoms with Crippen LogP contribution >= 0.6 is 0 Å². The lowest BCUT2D eigenvalue weighted by Crippen LogP contribution is -2.40. The first-order chi connectivity index (χ1) is 11.9. The average molecular weight is 384 g/mol. The van der Waals surface area contributed by atoms with E-state index in [0.29, 0.717) is 31.6 Å². The fourth-order valence-corrected chi connectivity index (χ4v) is 4.39. The second-order valence-corrected chi connectivity index (χ2v) is 9.11. The topological polar surface area (TPSA) is 136 Å². The first-order valence-electron chi connectivity index (χ1n) is 8.27. The molecule has 0 aromatic heterocycles. The second-order valence-electron chi connectivity index (χ2n) is 7.43. The van der Waals surface area contributed by atoms with Crippen LogP contribution in [0.4, 0.5) is 11.4 Å². The third-order valence-corrected chi connectivity index (χ3v) is 5.89. The molecule has 144 valence electrons. The summed E-state index contributed by atoms with van der Waals surface area (Å²) in [5.41, 5.74) is 4.66. The summed E-state index contributed by atoms with van der Waals surface area (Å²) in [7, 11) is -3.88. The van der Waals surface area contributed by atoms with Crippen LogP contribution < -0.4 is 15.4 Å². The van der Waals surface area contributed by atoms with Gasteiger partial charge in [0.25, 0.3) is 5.69 Å². The molecule has 1 heterocycles. The summed E-state index contributed by atoms with van der Waals surface area (Å²) in [6.45, 7) is 5.96. The number of nitrogens with zero attached hydrogens (tertiary/aromatic N) is 2. The van der Waals surface area contributed by atoms with Gasteiger partial charge in [0.05, 0.1) is 9.82 Å². The number of sulfonamides is 1. The van der Waals surface area contributed by atoms with E-state index in [4.69, 9.17) is 5.73 Å². The first kappa shape index (κ1) is 20.1. The van der Waals surface area contributed by atoms with Crippen molar-refractivity contribution in [3.8, 4) is 0 Å². The summed E-state index contributed by atoms with van der Waals surface area (Å²) in [6, 6.07) is 3.88. The Morgan fingerprint density at radius 1 is 1.31 bits per heavy atom. The molecule has 1 aliphatic rings. The Morgan fingerprint density at radius 3 is 2.35 bits per heavy atom. The second kappa shape index (κ2) is 7.20. The lowest BCUT2D eigenvalue weighted by Gasteiger charge is -2.32. The van der Waals surface area contributed by atoms with E-state index in [1.54, 1.807) is 25.7 Å². The minimum atomic E-state index is -3.88. The van der Waals surface area contributed by atoms with Crippen molar-refractivity contribution < 1.29 is 18.1 Å². The predicted octanol–water partition coefficient (Wildman–Crippen LogP) is 1.37. The lowest BCUT2D eigenvalue weighted by atomic mass is 9.96. The summed E-state index contributed by atoms with van der Waals surface area (Å²) in [5.74, 6) is -0.602. The van der Waals surface area contributed by atoms with Gasteiger partial charge < -0.3 is 10.6 Å². The zero-order chi connectivity index (χ0) is 19.7. The molecule has 26 heavy (non-hydrogen) atoms. The van der Waals surface area contributed by atoms with Crippen molar-refractivity contribution >= 4 is 27.3 Å². The van der Waals surface area contributed by atoms with E-state index in [2.05, 4.69) is 4.72 Å². The number of nitrogens with one attached hydrogen (secondary N) is 1. The van der Waals surface area contributed by atoms with Crippen LogP contribution in [-0.4, -0.2) is 37.9 Å². The third-order valence-electron chi connectivity index (χ3n) is 4.13. The monoisotopic (exact) mass is 384 g/mol. The number of amides is 1. The minimum Gasteiger partial charge on any atom is -0.369 e. The van der Waals surface area contributed by atoms with Crippen molar-refractivity contribution in [1.82, 2.24) is 4.72 Å². The van der Waals surface area contributed by atoms with Gasteiger partial charge in [0, 0.05) is 30.6 Å². The Hall–Kier alpha value is -2.20. The number of anilines is 1. The molecular formula is C16H24N4O5S. The number of carbonyl (C=O) groups excluding carboxylic acids is 1. The lowest BCUT2D eigenvalue weighted by molar-refractivity contribution is -0.384. The number of piperidine rings is 1. The molecule has 1 saturated heterocycles. The highest BCUT2D eigenvalue weighted by Gasteiger charge is 2.30. The highest BCUT2D eigenvalue weighted by atomic mass is 32.2. The van der Waals surface area contributed by atoms with E-state index in [9.17, 15) is 23.3 Å². The number of rotatable bonds is 5. The Labute approximate surface area is 152 Å². The number of nitro groups is 1. The molecule has 1 amide bonds. The van der Waals surface area contributed by atoms with Crippen LogP contribution in [-0.2, 0) is 14.8 Å². The summed E-state index contributed by atoms with van der Waals surface area (Å²) in [6.07, 6.45) is 1.02. The van der Waals surface area contributed by atoms with Gasteiger partial charge in [-0.15, -0.1) is 0 Å². The molecule has 1 aromatic carbocycles. The Morgan fingerprint density at radius 2 is 1.88 bits per heavy atom. The maximum absolute atomic E-state index is 12.4. The van der Waals surface area contributed by atoms with Crippen molar-refractivity contribution in [2.45, 2.75) is 44.0 Å². The van der Waals surface area contributed by atoms with Crippen molar-refractivity contribution in [3.05, 3.63) is 28.3 Å². The fourth-order valence-electron chi connectivity index (χ4n) is 2.95. The van der Waals surface area contributed by atoms with Gasteiger partial charge in [-0.05, 0) is 45.7 Å². The van der Waals surface area contributed by atoms with Crippen LogP contribution in [0.25, 0.3) is 0 Å². The normalized spacial score (nSPS) is 16.5. The molecule has 0 saturated carbocycles. The molecule has 0 unspecified atom stereocenters. The first-order valence-corrected chi connectivity index (χ1v) is 9.76.